The normalized spacial score (nSPS) is 24.2. The van der Waals surface area contributed by atoms with Crippen molar-refractivity contribution in [3.63, 3.8) is 0 Å². The molecule has 1 saturated heterocycles. The van der Waals surface area contributed by atoms with E-state index >= 15 is 0 Å². The van der Waals surface area contributed by atoms with Gasteiger partial charge in [0.15, 0.2) is 0 Å². The largest absolute Gasteiger partial charge is 0.497 e. The summed E-state index contributed by atoms with van der Waals surface area (Å²) in [6.07, 6.45) is 2.00. The van der Waals surface area contributed by atoms with E-state index in [0.717, 1.165) is 64.2 Å². The molecule has 1 spiro atoms. The van der Waals surface area contributed by atoms with Crippen LogP contribution in [0.15, 0.2) is 60.7 Å². The lowest BCUT2D eigenvalue weighted by Gasteiger charge is -2.22. The Hall–Kier alpha value is -3.84. The van der Waals surface area contributed by atoms with Gasteiger partial charge in [-0.1, -0.05) is 24.3 Å². The number of aromatic amines is 1. The third-order valence-corrected chi connectivity index (χ3v) is 8.71. The molecule has 7 nitrogen and oxygen atoms in total. The molecule has 0 radical (unpaired) electrons. The van der Waals surface area contributed by atoms with Crippen LogP contribution >= 0.6 is 0 Å². The maximum Gasteiger partial charge on any atom is 0.235 e. The van der Waals surface area contributed by atoms with Crippen LogP contribution in [0.3, 0.4) is 0 Å². The number of ether oxygens (including phenoxy) is 1. The Morgan fingerprint density at radius 1 is 1.08 bits per heavy atom. The minimum atomic E-state index is -0.503. The standard InChI is InChI=1S/C30H31N5O2/c1-34(2)21-12-13-35(17-21)20-7-4-18(5-8-20)28-23-10-6-19(14-27(23)32-33-28)25-16-30(25)24-15-22(37-3)9-11-26(24)31-29(30)36/h4-11,14-15,21,25H,12-13,16-17H2,1-3H3,(H,31,36)(H,32,33)/t21-,25-,30-/m0/s1. The molecule has 3 atom stereocenters. The summed E-state index contributed by atoms with van der Waals surface area (Å²) >= 11 is 0. The molecule has 37 heavy (non-hydrogen) atoms. The topological polar surface area (TPSA) is 73.5 Å². The SMILES string of the molecule is COc1ccc2c(c1)[C@]1(C[C@H]1c1ccc3c(-c4ccc(N5CC[C@H](N(C)C)C5)cc4)n[nH]c3c1)C(=O)N2. The second-order valence-corrected chi connectivity index (χ2v) is 10.9. The minimum absolute atomic E-state index is 0.0844. The van der Waals surface area contributed by atoms with Gasteiger partial charge >= 0.3 is 0 Å². The highest BCUT2D eigenvalue weighted by molar-refractivity contribution is 6.10. The van der Waals surface area contributed by atoms with Gasteiger partial charge in [-0.25, -0.2) is 0 Å². The molecule has 3 aromatic carbocycles. The van der Waals surface area contributed by atoms with E-state index < -0.39 is 5.41 Å². The Morgan fingerprint density at radius 3 is 2.68 bits per heavy atom. The Bertz CT molecular complexity index is 1530. The first-order chi connectivity index (χ1) is 18.0. The van der Waals surface area contributed by atoms with Crippen molar-refractivity contribution in [1.82, 2.24) is 15.1 Å². The number of anilines is 2. The summed E-state index contributed by atoms with van der Waals surface area (Å²) in [5.41, 5.74) is 6.92. The maximum atomic E-state index is 13.0. The Kier molecular flexibility index (Phi) is 4.88. The summed E-state index contributed by atoms with van der Waals surface area (Å²) in [4.78, 5) is 17.8. The van der Waals surface area contributed by atoms with E-state index in [1.807, 2.05) is 18.2 Å². The molecule has 0 unspecified atom stereocenters. The molecule has 2 N–H and O–H groups in total. The van der Waals surface area contributed by atoms with Crippen LogP contribution in [0.25, 0.3) is 22.2 Å². The monoisotopic (exact) mass is 493 g/mol. The molecule has 1 aromatic heterocycles. The zero-order valence-corrected chi connectivity index (χ0v) is 21.4. The van der Waals surface area contributed by atoms with Crippen LogP contribution in [0.1, 0.15) is 29.9 Å². The number of fused-ring (bicyclic) bond motifs is 3. The van der Waals surface area contributed by atoms with Crippen molar-refractivity contribution >= 4 is 28.2 Å². The number of hydrogen-bond acceptors (Lipinski definition) is 5. The van der Waals surface area contributed by atoms with Crippen LogP contribution in [-0.4, -0.2) is 61.3 Å². The second kappa shape index (κ2) is 8.08. The lowest BCUT2D eigenvalue weighted by atomic mass is 9.91. The predicted molar refractivity (Wildman–Crippen MR) is 146 cm³/mol. The number of rotatable bonds is 5. The first kappa shape index (κ1) is 22.4. The van der Waals surface area contributed by atoms with Gasteiger partial charge < -0.3 is 19.9 Å². The van der Waals surface area contributed by atoms with Crippen molar-refractivity contribution < 1.29 is 9.53 Å². The smallest absolute Gasteiger partial charge is 0.235 e. The van der Waals surface area contributed by atoms with Crippen LogP contribution < -0.4 is 15.0 Å². The van der Waals surface area contributed by atoms with E-state index in [0.29, 0.717) is 6.04 Å². The number of aromatic nitrogens is 2. The lowest BCUT2D eigenvalue weighted by molar-refractivity contribution is -0.118. The fourth-order valence-electron chi connectivity index (χ4n) is 6.40. The maximum absolute atomic E-state index is 13.0. The van der Waals surface area contributed by atoms with Crippen LogP contribution in [0, 0.1) is 0 Å². The van der Waals surface area contributed by atoms with Gasteiger partial charge in [0, 0.05) is 47.4 Å². The number of hydrogen-bond donors (Lipinski definition) is 2. The molecule has 1 aliphatic carbocycles. The molecule has 4 aromatic rings. The van der Waals surface area contributed by atoms with Crippen LogP contribution in [0.4, 0.5) is 11.4 Å². The van der Waals surface area contributed by atoms with Crippen molar-refractivity contribution in [3.8, 4) is 17.0 Å². The number of nitrogens with zero attached hydrogens (tertiary/aromatic N) is 3. The number of carbonyl (C=O) groups excluding carboxylic acids is 1. The number of nitrogens with one attached hydrogen (secondary N) is 2. The van der Waals surface area contributed by atoms with Crippen LogP contribution in [0.5, 0.6) is 5.75 Å². The summed E-state index contributed by atoms with van der Waals surface area (Å²) in [6, 6.07) is 21.7. The van der Waals surface area contributed by atoms with E-state index in [-0.39, 0.29) is 11.8 Å². The minimum Gasteiger partial charge on any atom is -0.497 e. The molecule has 3 aliphatic rings. The van der Waals surface area contributed by atoms with E-state index in [4.69, 9.17) is 4.74 Å². The van der Waals surface area contributed by atoms with Crippen molar-refractivity contribution in [2.24, 2.45) is 0 Å². The van der Waals surface area contributed by atoms with E-state index in [9.17, 15) is 4.79 Å². The van der Waals surface area contributed by atoms with Crippen molar-refractivity contribution in [2.75, 3.05) is 44.5 Å². The lowest BCUT2D eigenvalue weighted by Crippen LogP contribution is -2.31. The quantitative estimate of drug-likeness (QED) is 0.420. The molecular formula is C30H31N5O2. The van der Waals surface area contributed by atoms with Crippen LogP contribution in [-0.2, 0) is 10.2 Å². The van der Waals surface area contributed by atoms with Crippen molar-refractivity contribution in [2.45, 2.75) is 30.2 Å². The molecule has 2 fully saturated rings. The van der Waals surface area contributed by atoms with Gasteiger partial charge in [-0.2, -0.15) is 5.10 Å². The molecule has 188 valence electrons. The van der Waals surface area contributed by atoms with Gasteiger partial charge in [-0.3, -0.25) is 9.89 Å². The molecule has 1 amide bonds. The second-order valence-electron chi connectivity index (χ2n) is 10.9. The summed E-state index contributed by atoms with van der Waals surface area (Å²) in [6.45, 7) is 2.16. The van der Waals surface area contributed by atoms with Gasteiger partial charge in [0.05, 0.1) is 23.7 Å². The number of carbonyl (C=O) groups is 1. The molecule has 2 aliphatic heterocycles. The summed E-state index contributed by atoms with van der Waals surface area (Å²) in [7, 11) is 5.98. The first-order valence-corrected chi connectivity index (χ1v) is 13.0. The van der Waals surface area contributed by atoms with Gasteiger partial charge in [0.25, 0.3) is 0 Å². The number of methoxy groups -OCH3 is 1. The van der Waals surface area contributed by atoms with E-state index in [1.165, 1.54) is 12.1 Å². The fourth-order valence-corrected chi connectivity index (χ4v) is 6.40. The van der Waals surface area contributed by atoms with Gasteiger partial charge in [-0.05, 0) is 74.5 Å². The van der Waals surface area contributed by atoms with Gasteiger partial charge in [0.1, 0.15) is 5.75 Å². The van der Waals surface area contributed by atoms with E-state index in [2.05, 4.69) is 81.9 Å². The summed E-state index contributed by atoms with van der Waals surface area (Å²) in [5, 5.41) is 12.1. The Balaban J connectivity index is 1.15. The summed E-state index contributed by atoms with van der Waals surface area (Å²) < 4.78 is 5.43. The average molecular weight is 494 g/mol. The highest BCUT2D eigenvalue weighted by Gasteiger charge is 2.65. The zero-order valence-electron chi connectivity index (χ0n) is 21.4. The van der Waals surface area contributed by atoms with Gasteiger partial charge in [0.2, 0.25) is 5.91 Å². The number of likely N-dealkylation sites (N-methyl/N-ethyl adjacent to an activating group) is 1. The summed E-state index contributed by atoms with van der Waals surface area (Å²) in [5.74, 6) is 1.01. The highest BCUT2D eigenvalue weighted by atomic mass is 16.5. The molecular weight excluding hydrogens is 462 g/mol. The fraction of sp³-hybridized carbons (Fsp3) is 0.333. The molecule has 0 bridgehead atoms. The average Bonchev–Trinajstić information content (AvgIpc) is 3.19. The van der Waals surface area contributed by atoms with Crippen molar-refractivity contribution in [3.05, 3.63) is 71.8 Å². The molecule has 3 heterocycles. The molecule has 1 saturated carbocycles. The third kappa shape index (κ3) is 3.37. The number of benzene rings is 3. The first-order valence-electron chi connectivity index (χ1n) is 13.0. The predicted octanol–water partition coefficient (Wildman–Crippen LogP) is 4.76. The number of H-pyrrole nitrogens is 1. The highest BCUT2D eigenvalue weighted by Crippen LogP contribution is 2.65. The molecule has 7 rings (SSSR count). The van der Waals surface area contributed by atoms with Gasteiger partial charge in [-0.15, -0.1) is 0 Å². The zero-order chi connectivity index (χ0) is 25.3. The third-order valence-electron chi connectivity index (χ3n) is 8.71. The molecule has 7 heteroatoms. The Morgan fingerprint density at radius 2 is 1.92 bits per heavy atom. The van der Waals surface area contributed by atoms with Crippen LogP contribution in [0.2, 0.25) is 0 Å². The van der Waals surface area contributed by atoms with E-state index in [1.54, 1.807) is 7.11 Å². The van der Waals surface area contributed by atoms with Crippen molar-refractivity contribution in [1.29, 1.82) is 0 Å². The number of amides is 1. The Labute approximate surface area is 216 Å².